The molecule has 2 atom stereocenters. The Bertz CT molecular complexity index is 1140. The first kappa shape index (κ1) is 24.8. The van der Waals surface area contributed by atoms with Gasteiger partial charge >= 0.3 is 0 Å². The summed E-state index contributed by atoms with van der Waals surface area (Å²) < 4.78 is 1.54. The number of hydrogen-bond acceptors (Lipinski definition) is 4. The van der Waals surface area contributed by atoms with Crippen LogP contribution in [0.4, 0.5) is 0 Å². The molecule has 1 amide bonds. The smallest absolute Gasteiger partial charge is 0.261 e. The number of rotatable bonds is 5. The van der Waals surface area contributed by atoms with Gasteiger partial charge < -0.3 is 10.0 Å². The van der Waals surface area contributed by atoms with E-state index in [2.05, 4.69) is 11.9 Å². The molecule has 3 fully saturated rings. The molecule has 2 heterocycles. The van der Waals surface area contributed by atoms with Gasteiger partial charge in [-0.3, -0.25) is 14.2 Å². The molecule has 2 aromatic rings. The predicted molar refractivity (Wildman–Crippen MR) is 138 cm³/mol. The molecule has 3 aliphatic rings. The van der Waals surface area contributed by atoms with Gasteiger partial charge in [0.2, 0.25) is 5.91 Å². The fourth-order valence-electron chi connectivity index (χ4n) is 7.15. The summed E-state index contributed by atoms with van der Waals surface area (Å²) in [5.74, 6) is 0.938. The first-order chi connectivity index (χ1) is 16.8. The highest BCUT2D eigenvalue weighted by molar-refractivity contribution is 6.31. The monoisotopic (exact) mass is 499 g/mol. The number of benzene rings is 1. The summed E-state index contributed by atoms with van der Waals surface area (Å²) in [4.78, 5) is 33.2. The second-order valence-corrected chi connectivity index (χ2v) is 11.9. The molecule has 0 bridgehead atoms. The lowest BCUT2D eigenvalue weighted by Crippen LogP contribution is -2.62. The maximum absolute atomic E-state index is 13.5. The Labute approximate surface area is 212 Å². The molecule has 1 aromatic carbocycles. The maximum atomic E-state index is 13.5. The van der Waals surface area contributed by atoms with Crippen molar-refractivity contribution in [2.24, 2.45) is 17.3 Å². The minimum atomic E-state index is -1.05. The number of hydrogen-bond donors (Lipinski definition) is 1. The molecule has 190 valence electrons. The van der Waals surface area contributed by atoms with E-state index in [4.69, 9.17) is 11.6 Å². The van der Waals surface area contributed by atoms with Crippen molar-refractivity contribution in [1.29, 1.82) is 0 Å². The van der Waals surface area contributed by atoms with Gasteiger partial charge in [-0.15, -0.1) is 0 Å². The Kier molecular flexibility index (Phi) is 6.97. The van der Waals surface area contributed by atoms with Crippen molar-refractivity contribution in [2.45, 2.75) is 89.7 Å². The molecule has 1 unspecified atom stereocenters. The van der Waals surface area contributed by atoms with Crippen molar-refractivity contribution in [3.8, 4) is 0 Å². The van der Waals surface area contributed by atoms with Crippen molar-refractivity contribution < 1.29 is 9.90 Å². The molecule has 1 spiro atoms. The van der Waals surface area contributed by atoms with Gasteiger partial charge in [-0.2, -0.15) is 0 Å². The van der Waals surface area contributed by atoms with E-state index >= 15 is 0 Å². The summed E-state index contributed by atoms with van der Waals surface area (Å²) in [6.07, 6.45) is 13.3. The Morgan fingerprint density at radius 3 is 2.66 bits per heavy atom. The lowest BCUT2D eigenvalue weighted by Gasteiger charge is -2.52. The molecule has 2 saturated carbocycles. The predicted octanol–water partition coefficient (Wildman–Crippen LogP) is 5.18. The van der Waals surface area contributed by atoms with Crippen LogP contribution in [-0.4, -0.2) is 44.2 Å². The molecule has 5 rings (SSSR count). The van der Waals surface area contributed by atoms with Crippen LogP contribution in [0, 0.1) is 17.3 Å². The SMILES string of the molecule is C[C@H](CC1CCCCC1)C(=O)N1CCC(O)(Cn2cnc3ccc(Cl)cc3c2=O)C2(CCCC2)C1. The highest BCUT2D eigenvalue weighted by Crippen LogP contribution is 2.51. The van der Waals surface area contributed by atoms with E-state index in [0.717, 1.165) is 32.1 Å². The van der Waals surface area contributed by atoms with Gasteiger partial charge in [-0.05, 0) is 49.8 Å². The van der Waals surface area contributed by atoms with Crippen LogP contribution in [0.3, 0.4) is 0 Å². The summed E-state index contributed by atoms with van der Waals surface area (Å²) in [6, 6.07) is 5.12. The molecule has 35 heavy (non-hydrogen) atoms. The highest BCUT2D eigenvalue weighted by Gasteiger charge is 2.55. The second-order valence-electron chi connectivity index (χ2n) is 11.5. The van der Waals surface area contributed by atoms with Crippen molar-refractivity contribution in [3.05, 3.63) is 39.9 Å². The van der Waals surface area contributed by atoms with E-state index in [1.54, 1.807) is 29.1 Å². The van der Waals surface area contributed by atoms with Crippen molar-refractivity contribution in [1.82, 2.24) is 14.5 Å². The van der Waals surface area contributed by atoms with E-state index in [0.29, 0.717) is 41.4 Å². The molecule has 1 saturated heterocycles. The zero-order valence-electron chi connectivity index (χ0n) is 20.8. The third-order valence-electron chi connectivity index (χ3n) is 9.20. The standard InChI is InChI=1S/C28H38ClN3O3/c1-20(15-21-7-3-2-4-8-21)25(33)31-14-13-28(35,27(17-31)11-5-6-12-27)18-32-19-30-24-10-9-22(29)16-23(24)26(32)34/h9-10,16,19-21,35H,2-8,11-15,17-18H2,1H3/t20-,28?/m1/s1. The van der Waals surface area contributed by atoms with E-state index in [1.807, 2.05) is 4.90 Å². The third kappa shape index (κ3) is 4.76. The van der Waals surface area contributed by atoms with Gasteiger partial charge in [0.05, 0.1) is 29.4 Å². The molecule has 6 nitrogen and oxygen atoms in total. The number of halogens is 1. The van der Waals surface area contributed by atoms with Crippen LogP contribution < -0.4 is 5.56 Å². The molecular formula is C28H38ClN3O3. The fourth-order valence-corrected chi connectivity index (χ4v) is 7.32. The molecule has 1 aliphatic heterocycles. The van der Waals surface area contributed by atoms with Crippen LogP contribution in [0.5, 0.6) is 0 Å². The van der Waals surface area contributed by atoms with E-state index in [9.17, 15) is 14.7 Å². The average molecular weight is 500 g/mol. The average Bonchev–Trinajstić information content (AvgIpc) is 3.33. The number of amides is 1. The van der Waals surface area contributed by atoms with Crippen molar-refractivity contribution >= 4 is 28.4 Å². The van der Waals surface area contributed by atoms with E-state index in [-0.39, 0.29) is 29.3 Å². The molecule has 7 heteroatoms. The minimum Gasteiger partial charge on any atom is -0.387 e. The summed E-state index contributed by atoms with van der Waals surface area (Å²) in [6.45, 7) is 3.40. The Balaban J connectivity index is 1.35. The third-order valence-corrected chi connectivity index (χ3v) is 9.43. The topological polar surface area (TPSA) is 75.4 Å². The zero-order chi connectivity index (χ0) is 24.6. The number of aliphatic hydroxyl groups is 1. The fraction of sp³-hybridized carbons (Fsp3) is 0.679. The van der Waals surface area contributed by atoms with E-state index < -0.39 is 5.60 Å². The van der Waals surface area contributed by atoms with Crippen LogP contribution in [-0.2, 0) is 11.3 Å². The van der Waals surface area contributed by atoms with Crippen molar-refractivity contribution in [3.63, 3.8) is 0 Å². The number of piperidine rings is 1. The first-order valence-electron chi connectivity index (χ1n) is 13.5. The molecule has 1 N–H and O–H groups in total. The summed E-state index contributed by atoms with van der Waals surface area (Å²) >= 11 is 6.13. The molecule has 1 aromatic heterocycles. The van der Waals surface area contributed by atoms with Crippen LogP contribution in [0.2, 0.25) is 5.02 Å². The molecule has 2 aliphatic carbocycles. The van der Waals surface area contributed by atoms with Crippen LogP contribution in [0.15, 0.2) is 29.3 Å². The Morgan fingerprint density at radius 2 is 1.91 bits per heavy atom. The van der Waals surface area contributed by atoms with Gasteiger partial charge in [0.25, 0.3) is 5.56 Å². The highest BCUT2D eigenvalue weighted by atomic mass is 35.5. The zero-order valence-corrected chi connectivity index (χ0v) is 21.6. The van der Waals surface area contributed by atoms with Gasteiger partial charge in [0, 0.05) is 29.4 Å². The number of nitrogens with zero attached hydrogens (tertiary/aromatic N) is 3. The lowest BCUT2D eigenvalue weighted by molar-refractivity contribution is -0.163. The second kappa shape index (κ2) is 9.85. The van der Waals surface area contributed by atoms with Crippen molar-refractivity contribution in [2.75, 3.05) is 13.1 Å². The first-order valence-corrected chi connectivity index (χ1v) is 13.8. The normalized spacial score (nSPS) is 25.9. The summed E-state index contributed by atoms with van der Waals surface area (Å²) in [7, 11) is 0. The number of carbonyl (C=O) groups is 1. The molecular weight excluding hydrogens is 462 g/mol. The van der Waals surface area contributed by atoms with Gasteiger partial charge in [0.15, 0.2) is 0 Å². The number of aromatic nitrogens is 2. The van der Waals surface area contributed by atoms with Crippen LogP contribution in [0.25, 0.3) is 10.9 Å². The van der Waals surface area contributed by atoms with Gasteiger partial charge in [0.1, 0.15) is 0 Å². The quantitative estimate of drug-likeness (QED) is 0.615. The van der Waals surface area contributed by atoms with Crippen LogP contribution >= 0.6 is 11.6 Å². The number of fused-ring (bicyclic) bond motifs is 1. The molecule has 0 radical (unpaired) electrons. The van der Waals surface area contributed by atoms with E-state index in [1.165, 1.54) is 32.1 Å². The number of carbonyl (C=O) groups excluding carboxylic acids is 1. The van der Waals surface area contributed by atoms with Gasteiger partial charge in [-0.1, -0.05) is 63.5 Å². The summed E-state index contributed by atoms with van der Waals surface area (Å²) in [5, 5.41) is 13.0. The Hall–Kier alpha value is -1.92. The maximum Gasteiger partial charge on any atom is 0.261 e. The lowest BCUT2D eigenvalue weighted by atomic mass is 9.65. The number of likely N-dealkylation sites (tertiary alicyclic amines) is 1. The Morgan fingerprint density at radius 1 is 1.17 bits per heavy atom. The van der Waals surface area contributed by atoms with Gasteiger partial charge in [-0.25, -0.2) is 4.98 Å². The summed E-state index contributed by atoms with van der Waals surface area (Å²) in [5.41, 5.74) is -1.01. The minimum absolute atomic E-state index is 0.0276. The largest absolute Gasteiger partial charge is 0.387 e. The van der Waals surface area contributed by atoms with Crippen LogP contribution in [0.1, 0.15) is 77.6 Å².